The van der Waals surface area contributed by atoms with Gasteiger partial charge in [-0.1, -0.05) is 99.0 Å². The Bertz CT molecular complexity index is 1080. The summed E-state index contributed by atoms with van der Waals surface area (Å²) in [5.74, 6) is 0. The van der Waals surface area contributed by atoms with Crippen molar-refractivity contribution in [3.63, 3.8) is 0 Å². The van der Waals surface area contributed by atoms with E-state index in [4.69, 9.17) is 0 Å². The van der Waals surface area contributed by atoms with Crippen LogP contribution in [0.2, 0.25) is 0 Å². The first-order valence-corrected chi connectivity index (χ1v) is 12.1. The lowest BCUT2D eigenvalue weighted by atomic mass is 9.94. The molecule has 3 rings (SSSR count). The molecular formula is C32H38. The minimum absolute atomic E-state index is 1.19. The highest BCUT2D eigenvalue weighted by Gasteiger charge is 2.04. The van der Waals surface area contributed by atoms with E-state index in [-0.39, 0.29) is 0 Å². The molecule has 0 aliphatic rings. The largest absolute Gasteiger partial charge is 0.0654 e. The smallest absolute Gasteiger partial charge is 0.0178 e. The molecule has 0 nitrogen and oxygen atoms in total. The molecule has 0 amide bonds. The van der Waals surface area contributed by atoms with Gasteiger partial charge in [-0.2, -0.15) is 0 Å². The summed E-state index contributed by atoms with van der Waals surface area (Å²) in [6.07, 6.45) is 15.2. The number of hydrogen-bond acceptors (Lipinski definition) is 0. The highest BCUT2D eigenvalue weighted by atomic mass is 14.1. The lowest BCUT2D eigenvalue weighted by Gasteiger charge is -2.11. The second kappa shape index (κ2) is 11.7. The topological polar surface area (TPSA) is 0 Å². The minimum atomic E-state index is 1.19. The summed E-state index contributed by atoms with van der Waals surface area (Å²) in [4.78, 5) is 0. The van der Waals surface area contributed by atoms with E-state index >= 15 is 0 Å². The molecule has 0 fully saturated rings. The Labute approximate surface area is 195 Å². The lowest BCUT2D eigenvalue weighted by Crippen LogP contribution is -1.93. The number of aryl methyl sites for hydroxylation is 2. The number of unbranched alkanes of at least 4 members (excludes halogenated alkanes) is 3. The van der Waals surface area contributed by atoms with Crippen LogP contribution in [-0.4, -0.2) is 0 Å². The van der Waals surface area contributed by atoms with E-state index in [9.17, 15) is 0 Å². The fourth-order valence-corrected chi connectivity index (χ4v) is 4.18. The molecule has 0 spiro atoms. The van der Waals surface area contributed by atoms with Crippen LogP contribution in [0, 0.1) is 27.7 Å². The summed E-state index contributed by atoms with van der Waals surface area (Å²) in [6.45, 7) is 11.1. The van der Waals surface area contributed by atoms with Gasteiger partial charge in [0, 0.05) is 0 Å². The third kappa shape index (κ3) is 6.33. The maximum atomic E-state index is 2.29. The average molecular weight is 423 g/mol. The van der Waals surface area contributed by atoms with Crippen LogP contribution in [0.5, 0.6) is 0 Å². The highest BCUT2D eigenvalue weighted by molar-refractivity contribution is 5.68. The summed E-state index contributed by atoms with van der Waals surface area (Å²) < 4.78 is 0. The minimum Gasteiger partial charge on any atom is -0.0654 e. The molecule has 0 saturated carbocycles. The van der Waals surface area contributed by atoms with Crippen molar-refractivity contribution in [3.05, 3.63) is 106 Å². The van der Waals surface area contributed by atoms with Gasteiger partial charge in [0.15, 0.2) is 0 Å². The van der Waals surface area contributed by atoms with Gasteiger partial charge in [-0.05, 0) is 96.7 Å². The first-order valence-electron chi connectivity index (χ1n) is 12.1. The van der Waals surface area contributed by atoms with Gasteiger partial charge >= 0.3 is 0 Å². The first-order chi connectivity index (χ1) is 15.5. The molecule has 3 aromatic carbocycles. The van der Waals surface area contributed by atoms with Crippen molar-refractivity contribution in [1.82, 2.24) is 0 Å². The quantitative estimate of drug-likeness (QED) is 0.238. The summed E-state index contributed by atoms with van der Waals surface area (Å²) >= 11 is 0. The molecule has 3 aromatic rings. The molecule has 32 heavy (non-hydrogen) atoms. The zero-order chi connectivity index (χ0) is 22.9. The lowest BCUT2D eigenvalue weighted by molar-refractivity contribution is 0.667. The molecule has 0 atom stereocenters. The summed E-state index contributed by atoms with van der Waals surface area (Å²) in [7, 11) is 0. The van der Waals surface area contributed by atoms with Crippen molar-refractivity contribution in [2.45, 2.75) is 66.7 Å². The van der Waals surface area contributed by atoms with Gasteiger partial charge in [0.05, 0.1) is 0 Å². The van der Waals surface area contributed by atoms with Crippen molar-refractivity contribution < 1.29 is 0 Å². The Balaban J connectivity index is 1.66. The Morgan fingerprint density at radius 1 is 0.656 bits per heavy atom. The maximum absolute atomic E-state index is 2.29. The third-order valence-electron chi connectivity index (χ3n) is 6.69. The number of rotatable bonds is 9. The van der Waals surface area contributed by atoms with E-state index in [0.717, 1.165) is 0 Å². The molecule has 0 radical (unpaired) electrons. The van der Waals surface area contributed by atoms with Gasteiger partial charge in [-0.25, -0.2) is 0 Å². The molecule has 0 aromatic heterocycles. The standard InChI is InChI=1S/C32H38/c1-6-7-8-9-13-28-18-20-30(21-19-28)32-17-12-15-29(23-32)14-10-11-16-31-22-24(2)25(3)26(4)27(31)5/h10-12,14-23H,6-9,13H2,1-5H3. The van der Waals surface area contributed by atoms with Crippen LogP contribution in [0.25, 0.3) is 23.3 Å². The summed E-state index contributed by atoms with van der Waals surface area (Å²) in [6, 6.07) is 20.2. The molecule has 166 valence electrons. The van der Waals surface area contributed by atoms with Crippen LogP contribution in [0.3, 0.4) is 0 Å². The van der Waals surface area contributed by atoms with Gasteiger partial charge in [0.2, 0.25) is 0 Å². The van der Waals surface area contributed by atoms with E-state index in [1.165, 1.54) is 82.2 Å². The van der Waals surface area contributed by atoms with E-state index in [0.29, 0.717) is 0 Å². The van der Waals surface area contributed by atoms with E-state index < -0.39 is 0 Å². The second-order valence-corrected chi connectivity index (χ2v) is 9.01. The van der Waals surface area contributed by atoms with Crippen molar-refractivity contribution in [1.29, 1.82) is 0 Å². The van der Waals surface area contributed by atoms with E-state index in [1.807, 2.05) is 0 Å². The van der Waals surface area contributed by atoms with Crippen molar-refractivity contribution in [2.75, 3.05) is 0 Å². The van der Waals surface area contributed by atoms with Gasteiger partial charge in [-0.15, -0.1) is 0 Å². The van der Waals surface area contributed by atoms with Gasteiger partial charge in [0.25, 0.3) is 0 Å². The Morgan fingerprint density at radius 2 is 1.41 bits per heavy atom. The molecule has 0 unspecified atom stereocenters. The van der Waals surface area contributed by atoms with Gasteiger partial charge < -0.3 is 0 Å². The monoisotopic (exact) mass is 422 g/mol. The van der Waals surface area contributed by atoms with Crippen LogP contribution >= 0.6 is 0 Å². The SMILES string of the molecule is CCCCCCc1ccc(-c2cccc(C=CC=Cc3cc(C)c(C)c(C)c3C)c2)cc1. The van der Waals surface area contributed by atoms with Crippen molar-refractivity contribution in [2.24, 2.45) is 0 Å². The molecule has 0 N–H and O–H groups in total. The van der Waals surface area contributed by atoms with E-state index in [2.05, 4.69) is 114 Å². The predicted octanol–water partition coefficient (Wildman–Crippen LogP) is 9.44. The number of allylic oxidation sites excluding steroid dienone is 2. The fraction of sp³-hybridized carbons (Fsp3) is 0.312. The molecule has 0 aliphatic heterocycles. The Hall–Kier alpha value is -2.86. The zero-order valence-corrected chi connectivity index (χ0v) is 20.5. The van der Waals surface area contributed by atoms with E-state index in [1.54, 1.807) is 0 Å². The zero-order valence-electron chi connectivity index (χ0n) is 20.5. The molecule has 0 aliphatic carbocycles. The van der Waals surface area contributed by atoms with Gasteiger partial charge in [0.1, 0.15) is 0 Å². The summed E-state index contributed by atoms with van der Waals surface area (Å²) in [5.41, 5.74) is 12.1. The van der Waals surface area contributed by atoms with Crippen molar-refractivity contribution >= 4 is 12.2 Å². The fourth-order valence-electron chi connectivity index (χ4n) is 4.18. The average Bonchev–Trinajstić information content (AvgIpc) is 2.82. The Kier molecular flexibility index (Phi) is 8.68. The maximum Gasteiger partial charge on any atom is -0.0178 e. The normalized spacial score (nSPS) is 11.7. The molecule has 0 heteroatoms. The Morgan fingerprint density at radius 3 is 2.16 bits per heavy atom. The summed E-state index contributed by atoms with van der Waals surface area (Å²) in [5, 5.41) is 0. The predicted molar refractivity (Wildman–Crippen MR) is 143 cm³/mol. The third-order valence-corrected chi connectivity index (χ3v) is 6.69. The van der Waals surface area contributed by atoms with Crippen LogP contribution in [-0.2, 0) is 6.42 Å². The van der Waals surface area contributed by atoms with Crippen molar-refractivity contribution in [3.8, 4) is 11.1 Å². The molecule has 0 bridgehead atoms. The molecular weight excluding hydrogens is 384 g/mol. The highest BCUT2D eigenvalue weighted by Crippen LogP contribution is 2.24. The van der Waals surface area contributed by atoms with Crippen LogP contribution in [0.4, 0.5) is 0 Å². The van der Waals surface area contributed by atoms with Crippen LogP contribution in [0.1, 0.15) is 71.6 Å². The molecule has 0 saturated heterocycles. The second-order valence-electron chi connectivity index (χ2n) is 9.01. The van der Waals surface area contributed by atoms with Crippen LogP contribution in [0.15, 0.2) is 66.7 Å². The van der Waals surface area contributed by atoms with Crippen LogP contribution < -0.4 is 0 Å². The van der Waals surface area contributed by atoms with Gasteiger partial charge in [-0.3, -0.25) is 0 Å². The molecule has 0 heterocycles. The first kappa shape index (κ1) is 23.8. The number of hydrogen-bond donors (Lipinski definition) is 0. The number of benzene rings is 3.